The van der Waals surface area contributed by atoms with Gasteiger partial charge in [-0.1, -0.05) is 30.3 Å². The molecule has 4 rings (SSSR count). The number of nitrogens with one attached hydrogen (secondary N) is 1. The number of aromatic nitrogens is 4. The van der Waals surface area contributed by atoms with Crippen LogP contribution in [0.3, 0.4) is 0 Å². The topological polar surface area (TPSA) is 102 Å². The van der Waals surface area contributed by atoms with Crippen LogP contribution in [0, 0.1) is 0 Å². The Balaban J connectivity index is 1.40. The highest BCUT2D eigenvalue weighted by Crippen LogP contribution is 2.22. The zero-order valence-corrected chi connectivity index (χ0v) is 19.6. The van der Waals surface area contributed by atoms with E-state index in [9.17, 15) is 13.2 Å². The van der Waals surface area contributed by atoms with Crippen LogP contribution < -0.4 is 5.32 Å². The minimum atomic E-state index is -3.54. The van der Waals surface area contributed by atoms with E-state index in [2.05, 4.69) is 15.4 Å². The van der Waals surface area contributed by atoms with E-state index in [1.54, 1.807) is 35.3 Å². The molecular formula is C23H26N6O3S. The molecule has 33 heavy (non-hydrogen) atoms. The van der Waals surface area contributed by atoms with Crippen molar-refractivity contribution in [1.29, 1.82) is 0 Å². The number of aryl methyl sites for hydroxylation is 2. The number of imidazole rings is 1. The third-order valence-corrected chi connectivity index (χ3v) is 7.21. The smallest absolute Gasteiger partial charge is 0.242 e. The second-order valence-corrected chi connectivity index (χ2v) is 10.1. The maximum absolute atomic E-state index is 12.5. The summed E-state index contributed by atoms with van der Waals surface area (Å²) >= 11 is 0. The van der Waals surface area contributed by atoms with Crippen LogP contribution in [-0.4, -0.2) is 52.1 Å². The summed E-state index contributed by atoms with van der Waals surface area (Å²) < 4.78 is 29.6. The molecule has 0 saturated heterocycles. The van der Waals surface area contributed by atoms with Gasteiger partial charge in [0.05, 0.1) is 34.4 Å². The Morgan fingerprint density at radius 3 is 2.61 bits per heavy atom. The third-order valence-electron chi connectivity index (χ3n) is 5.40. The highest BCUT2D eigenvalue weighted by atomic mass is 32.2. The zero-order valence-electron chi connectivity index (χ0n) is 18.8. The molecule has 0 spiro atoms. The number of anilines is 1. The van der Waals surface area contributed by atoms with Crippen LogP contribution in [-0.2, 0) is 34.8 Å². The van der Waals surface area contributed by atoms with Crippen molar-refractivity contribution in [3.8, 4) is 0 Å². The summed E-state index contributed by atoms with van der Waals surface area (Å²) in [6.07, 6.45) is 4.09. The van der Waals surface area contributed by atoms with Crippen LogP contribution in [0.25, 0.3) is 11.0 Å². The highest BCUT2D eigenvalue weighted by molar-refractivity contribution is 7.89. The van der Waals surface area contributed by atoms with Gasteiger partial charge in [-0.3, -0.25) is 9.48 Å². The molecule has 9 nitrogen and oxygen atoms in total. The van der Waals surface area contributed by atoms with E-state index in [0.29, 0.717) is 30.0 Å². The number of carbonyl (C=O) groups excluding carboxylic acids is 1. The molecule has 0 fully saturated rings. The lowest BCUT2D eigenvalue weighted by Gasteiger charge is -2.10. The summed E-state index contributed by atoms with van der Waals surface area (Å²) in [6, 6.07) is 14.8. The number of amides is 1. The Bertz CT molecular complexity index is 1390. The predicted molar refractivity (Wildman–Crippen MR) is 126 cm³/mol. The number of fused-ring (bicyclic) bond motifs is 1. The van der Waals surface area contributed by atoms with Crippen LogP contribution >= 0.6 is 0 Å². The highest BCUT2D eigenvalue weighted by Gasteiger charge is 2.19. The van der Waals surface area contributed by atoms with E-state index in [1.807, 2.05) is 41.9 Å². The minimum absolute atomic E-state index is 0.141. The van der Waals surface area contributed by atoms with Gasteiger partial charge >= 0.3 is 0 Å². The van der Waals surface area contributed by atoms with Crippen LogP contribution in [0.15, 0.2) is 65.8 Å². The van der Waals surface area contributed by atoms with E-state index in [4.69, 9.17) is 0 Å². The van der Waals surface area contributed by atoms with Gasteiger partial charge in [0.2, 0.25) is 15.9 Å². The van der Waals surface area contributed by atoms with Crippen molar-refractivity contribution in [3.63, 3.8) is 0 Å². The van der Waals surface area contributed by atoms with Gasteiger partial charge in [-0.25, -0.2) is 17.7 Å². The van der Waals surface area contributed by atoms with Gasteiger partial charge in [-0.15, -0.1) is 0 Å². The molecule has 0 radical (unpaired) electrons. The minimum Gasteiger partial charge on any atom is -0.331 e. The Morgan fingerprint density at radius 1 is 1.12 bits per heavy atom. The first-order valence-electron chi connectivity index (χ1n) is 10.5. The van der Waals surface area contributed by atoms with Crippen molar-refractivity contribution in [2.45, 2.75) is 24.3 Å². The maximum atomic E-state index is 12.5. The number of hydrogen-bond donors (Lipinski definition) is 1. The molecule has 2 aromatic heterocycles. The predicted octanol–water partition coefficient (Wildman–Crippen LogP) is 2.64. The maximum Gasteiger partial charge on any atom is 0.242 e. The fourth-order valence-electron chi connectivity index (χ4n) is 3.56. The van der Waals surface area contributed by atoms with Crippen molar-refractivity contribution >= 4 is 32.7 Å². The van der Waals surface area contributed by atoms with Crippen molar-refractivity contribution in [3.05, 3.63) is 72.3 Å². The fourth-order valence-corrected chi connectivity index (χ4v) is 4.48. The Hall–Kier alpha value is -3.50. The first-order valence-corrected chi connectivity index (χ1v) is 11.9. The quantitative estimate of drug-likeness (QED) is 0.430. The molecule has 0 aliphatic heterocycles. The normalized spacial score (nSPS) is 11.9. The van der Waals surface area contributed by atoms with Gasteiger partial charge in [0.1, 0.15) is 5.82 Å². The molecule has 0 aliphatic carbocycles. The standard InChI is InChI=1S/C23H26N6O3S/c1-27(2)33(31,32)19-9-10-21-20(13-19)26-22(28(21)3)11-12-23(30)25-18-14-24-29(16-18)15-17-7-5-4-6-8-17/h4-10,13-14,16H,11-12,15H2,1-3H3,(H,25,30). The van der Waals surface area contributed by atoms with E-state index in [0.717, 1.165) is 11.1 Å². The molecule has 2 aromatic carbocycles. The zero-order chi connectivity index (χ0) is 23.6. The Labute approximate surface area is 192 Å². The summed E-state index contributed by atoms with van der Waals surface area (Å²) in [4.78, 5) is 17.2. The van der Waals surface area contributed by atoms with E-state index in [-0.39, 0.29) is 17.2 Å². The second kappa shape index (κ2) is 9.16. The SMILES string of the molecule is CN(C)S(=O)(=O)c1ccc2c(c1)nc(CCC(=O)Nc1cnn(Cc3ccccc3)c1)n2C. The Kier molecular flexibility index (Phi) is 6.30. The molecule has 10 heteroatoms. The molecule has 2 heterocycles. The van der Waals surface area contributed by atoms with Crippen LogP contribution in [0.2, 0.25) is 0 Å². The van der Waals surface area contributed by atoms with Gasteiger partial charge in [0.25, 0.3) is 0 Å². The number of rotatable bonds is 8. The average Bonchev–Trinajstić information content (AvgIpc) is 3.36. The number of sulfonamides is 1. The molecule has 0 unspecified atom stereocenters. The Morgan fingerprint density at radius 2 is 1.88 bits per heavy atom. The van der Waals surface area contributed by atoms with Crippen LogP contribution in [0.5, 0.6) is 0 Å². The molecule has 172 valence electrons. The number of carbonyl (C=O) groups is 1. The molecule has 1 amide bonds. The van der Waals surface area contributed by atoms with E-state index in [1.165, 1.54) is 18.4 Å². The van der Waals surface area contributed by atoms with Gasteiger partial charge in [0.15, 0.2) is 0 Å². The lowest BCUT2D eigenvalue weighted by atomic mass is 10.2. The fraction of sp³-hybridized carbons (Fsp3) is 0.261. The van der Waals surface area contributed by atoms with E-state index < -0.39 is 10.0 Å². The summed E-state index contributed by atoms with van der Waals surface area (Å²) in [7, 11) is 1.31. The molecule has 0 saturated carbocycles. The monoisotopic (exact) mass is 466 g/mol. The molecule has 0 atom stereocenters. The first-order chi connectivity index (χ1) is 15.7. The molecular weight excluding hydrogens is 440 g/mol. The largest absolute Gasteiger partial charge is 0.331 e. The second-order valence-electron chi connectivity index (χ2n) is 7.99. The van der Waals surface area contributed by atoms with Gasteiger partial charge < -0.3 is 9.88 Å². The molecule has 0 aliphatic rings. The first kappa shape index (κ1) is 22.7. The summed E-state index contributed by atoms with van der Waals surface area (Å²) in [5.74, 6) is 0.566. The lowest BCUT2D eigenvalue weighted by Crippen LogP contribution is -2.22. The lowest BCUT2D eigenvalue weighted by molar-refractivity contribution is -0.116. The van der Waals surface area contributed by atoms with Gasteiger partial charge in [-0.05, 0) is 23.8 Å². The number of nitrogens with zero attached hydrogens (tertiary/aromatic N) is 5. The molecule has 4 aromatic rings. The van der Waals surface area contributed by atoms with Gasteiger partial charge in [0, 0.05) is 40.2 Å². The van der Waals surface area contributed by atoms with Gasteiger partial charge in [-0.2, -0.15) is 5.10 Å². The molecule has 1 N–H and O–H groups in total. The van der Waals surface area contributed by atoms with Crippen LogP contribution in [0.4, 0.5) is 5.69 Å². The third kappa shape index (κ3) is 4.96. The van der Waals surface area contributed by atoms with Crippen molar-refractivity contribution in [1.82, 2.24) is 23.6 Å². The van der Waals surface area contributed by atoms with Crippen molar-refractivity contribution < 1.29 is 13.2 Å². The number of benzene rings is 2. The molecule has 0 bridgehead atoms. The van der Waals surface area contributed by atoms with E-state index >= 15 is 0 Å². The van der Waals surface area contributed by atoms with Crippen LogP contribution in [0.1, 0.15) is 17.8 Å². The average molecular weight is 467 g/mol. The number of hydrogen-bond acceptors (Lipinski definition) is 5. The summed E-state index contributed by atoms with van der Waals surface area (Å²) in [5, 5.41) is 7.17. The summed E-state index contributed by atoms with van der Waals surface area (Å²) in [5.41, 5.74) is 3.16. The summed E-state index contributed by atoms with van der Waals surface area (Å²) in [6.45, 7) is 0.627. The van der Waals surface area contributed by atoms with Crippen molar-refractivity contribution in [2.24, 2.45) is 7.05 Å². The van der Waals surface area contributed by atoms with Crippen molar-refractivity contribution in [2.75, 3.05) is 19.4 Å².